The number of thiazole rings is 1. The van der Waals surface area contributed by atoms with Crippen LogP contribution in [0, 0.1) is 0 Å². The van der Waals surface area contributed by atoms with Crippen molar-refractivity contribution in [3.05, 3.63) is 35.3 Å². The fraction of sp³-hybridized carbons (Fsp3) is 0.526. The van der Waals surface area contributed by atoms with Crippen LogP contribution in [0.4, 0.5) is 0 Å². The minimum Gasteiger partial charge on any atom is -0.497 e. The van der Waals surface area contributed by atoms with Crippen LogP contribution in [-0.2, 0) is 6.54 Å². The molecule has 2 aromatic rings. The Bertz CT molecular complexity index is 681. The summed E-state index contributed by atoms with van der Waals surface area (Å²) in [5, 5.41) is 6.74. The number of nitrogens with one attached hydrogen (secondary N) is 1. The van der Waals surface area contributed by atoms with E-state index >= 15 is 0 Å². The van der Waals surface area contributed by atoms with Crippen LogP contribution in [0.5, 0.6) is 5.75 Å². The number of aromatic nitrogens is 1. The minimum absolute atomic E-state index is 0.724. The Morgan fingerprint density at radius 1 is 1.20 bits per heavy atom. The van der Waals surface area contributed by atoms with Crippen LogP contribution in [0.2, 0.25) is 0 Å². The maximum atomic E-state index is 5.23. The van der Waals surface area contributed by atoms with Gasteiger partial charge in [0.05, 0.1) is 12.8 Å². The summed E-state index contributed by atoms with van der Waals surface area (Å²) in [5.41, 5.74) is 2.36. The van der Waals surface area contributed by atoms with E-state index in [0.717, 1.165) is 42.0 Å². The monoisotopic (exact) mass is 358 g/mol. The largest absolute Gasteiger partial charge is 0.497 e. The second-order valence-electron chi connectivity index (χ2n) is 6.84. The van der Waals surface area contributed by atoms with Crippen LogP contribution in [0.1, 0.15) is 12.1 Å². The number of hydrogen-bond donors (Lipinski definition) is 1. The molecule has 1 aromatic carbocycles. The lowest BCUT2D eigenvalue weighted by atomic mass is 10.2. The Morgan fingerprint density at radius 2 is 2.00 bits per heavy atom. The molecule has 0 spiro atoms. The average Bonchev–Trinajstić information content (AvgIpc) is 3.33. The highest BCUT2D eigenvalue weighted by Crippen LogP contribution is 2.27. The van der Waals surface area contributed by atoms with Crippen molar-refractivity contribution in [2.45, 2.75) is 19.0 Å². The predicted octanol–water partition coefficient (Wildman–Crippen LogP) is 2.30. The summed E-state index contributed by atoms with van der Waals surface area (Å²) in [6, 6.07) is 8.88. The molecular weight excluding hydrogens is 332 g/mol. The standard InChI is InChI=1S/C19H26N4OS/c1-24-18-4-2-15(3-5-18)19-21-16(14-25-19)12-22-9-6-17(13-22)23-10-7-20-8-11-23/h2-5,14,17,20H,6-13H2,1H3. The minimum atomic E-state index is 0.724. The smallest absolute Gasteiger partial charge is 0.123 e. The summed E-state index contributed by atoms with van der Waals surface area (Å²) in [5.74, 6) is 0.886. The second kappa shape index (κ2) is 7.83. The molecule has 2 aliphatic rings. The zero-order chi connectivity index (χ0) is 17.1. The Balaban J connectivity index is 1.35. The first-order valence-electron chi connectivity index (χ1n) is 9.08. The molecule has 4 rings (SSSR count). The van der Waals surface area contributed by atoms with Crippen LogP contribution < -0.4 is 10.1 Å². The van der Waals surface area contributed by atoms with Crippen molar-refractivity contribution in [1.82, 2.24) is 20.1 Å². The van der Waals surface area contributed by atoms with Gasteiger partial charge in [0.25, 0.3) is 0 Å². The van der Waals surface area contributed by atoms with Gasteiger partial charge in [-0.1, -0.05) is 0 Å². The van der Waals surface area contributed by atoms with E-state index in [0.29, 0.717) is 0 Å². The van der Waals surface area contributed by atoms with E-state index in [2.05, 4.69) is 32.6 Å². The van der Waals surface area contributed by atoms with E-state index in [4.69, 9.17) is 9.72 Å². The third kappa shape index (κ3) is 4.03. The zero-order valence-corrected chi connectivity index (χ0v) is 15.6. The molecule has 134 valence electrons. The summed E-state index contributed by atoms with van der Waals surface area (Å²) in [4.78, 5) is 10.1. The molecule has 1 atom stereocenters. The average molecular weight is 359 g/mol. The molecule has 2 fully saturated rings. The number of methoxy groups -OCH3 is 1. The molecule has 1 N–H and O–H groups in total. The van der Waals surface area contributed by atoms with E-state index in [1.807, 2.05) is 12.1 Å². The molecule has 1 unspecified atom stereocenters. The molecule has 5 nitrogen and oxygen atoms in total. The number of rotatable bonds is 5. The van der Waals surface area contributed by atoms with Crippen molar-refractivity contribution in [1.29, 1.82) is 0 Å². The normalized spacial score (nSPS) is 22.4. The van der Waals surface area contributed by atoms with Crippen LogP contribution in [-0.4, -0.2) is 67.2 Å². The van der Waals surface area contributed by atoms with E-state index in [1.165, 1.54) is 38.3 Å². The van der Waals surface area contributed by atoms with E-state index in [-0.39, 0.29) is 0 Å². The quantitative estimate of drug-likeness (QED) is 0.888. The van der Waals surface area contributed by atoms with Crippen LogP contribution in [0.25, 0.3) is 10.6 Å². The van der Waals surface area contributed by atoms with Gasteiger partial charge in [-0.15, -0.1) is 11.3 Å². The van der Waals surface area contributed by atoms with Crippen molar-refractivity contribution in [2.24, 2.45) is 0 Å². The maximum absolute atomic E-state index is 5.23. The number of likely N-dealkylation sites (tertiary alicyclic amines) is 1. The molecule has 25 heavy (non-hydrogen) atoms. The Kier molecular flexibility index (Phi) is 5.31. The molecule has 1 aromatic heterocycles. The zero-order valence-electron chi connectivity index (χ0n) is 14.8. The lowest BCUT2D eigenvalue weighted by molar-refractivity contribution is 0.170. The van der Waals surface area contributed by atoms with E-state index in [1.54, 1.807) is 18.4 Å². The molecule has 6 heteroatoms. The molecule has 0 amide bonds. The molecule has 2 saturated heterocycles. The van der Waals surface area contributed by atoms with Gasteiger partial charge in [-0.25, -0.2) is 4.98 Å². The van der Waals surface area contributed by atoms with Crippen molar-refractivity contribution >= 4 is 11.3 Å². The highest BCUT2D eigenvalue weighted by Gasteiger charge is 2.28. The lowest BCUT2D eigenvalue weighted by Crippen LogP contribution is -2.49. The van der Waals surface area contributed by atoms with E-state index < -0.39 is 0 Å². The topological polar surface area (TPSA) is 40.6 Å². The van der Waals surface area contributed by atoms with Crippen molar-refractivity contribution < 1.29 is 4.74 Å². The van der Waals surface area contributed by atoms with E-state index in [9.17, 15) is 0 Å². The first kappa shape index (κ1) is 17.0. The molecule has 0 bridgehead atoms. The van der Waals surface area contributed by atoms with Crippen LogP contribution >= 0.6 is 11.3 Å². The fourth-order valence-electron chi connectivity index (χ4n) is 3.78. The second-order valence-corrected chi connectivity index (χ2v) is 7.69. The third-order valence-corrected chi connectivity index (χ3v) is 6.13. The van der Waals surface area contributed by atoms with Gasteiger partial charge in [0.1, 0.15) is 10.8 Å². The highest BCUT2D eigenvalue weighted by atomic mass is 32.1. The summed E-state index contributed by atoms with van der Waals surface area (Å²) < 4.78 is 5.23. The van der Waals surface area contributed by atoms with Crippen molar-refractivity contribution in [2.75, 3.05) is 46.4 Å². The summed E-state index contributed by atoms with van der Waals surface area (Å²) in [6.07, 6.45) is 1.29. The first-order chi connectivity index (χ1) is 12.3. The molecule has 0 saturated carbocycles. The first-order valence-corrected chi connectivity index (χ1v) is 9.96. The number of ether oxygens (including phenoxy) is 1. The van der Waals surface area contributed by atoms with Gasteiger partial charge in [0, 0.05) is 62.8 Å². The van der Waals surface area contributed by atoms with Gasteiger partial charge in [0.2, 0.25) is 0 Å². The SMILES string of the molecule is COc1ccc(-c2nc(CN3CCC(N4CCNCC4)C3)cs2)cc1. The Hall–Kier alpha value is -1.47. The van der Waals surface area contributed by atoms with Gasteiger partial charge >= 0.3 is 0 Å². The van der Waals surface area contributed by atoms with Gasteiger partial charge in [-0.3, -0.25) is 9.80 Å². The molecule has 0 aliphatic carbocycles. The summed E-state index contributed by atoms with van der Waals surface area (Å²) >= 11 is 1.73. The van der Waals surface area contributed by atoms with Crippen LogP contribution in [0.3, 0.4) is 0 Å². The maximum Gasteiger partial charge on any atom is 0.123 e. The molecule has 2 aliphatic heterocycles. The summed E-state index contributed by atoms with van der Waals surface area (Å²) in [6.45, 7) is 7.98. The summed E-state index contributed by atoms with van der Waals surface area (Å²) in [7, 11) is 1.69. The van der Waals surface area contributed by atoms with Gasteiger partial charge in [-0.05, 0) is 30.7 Å². The van der Waals surface area contributed by atoms with Crippen LogP contribution in [0.15, 0.2) is 29.6 Å². The third-order valence-electron chi connectivity index (χ3n) is 5.19. The van der Waals surface area contributed by atoms with Gasteiger partial charge in [0.15, 0.2) is 0 Å². The predicted molar refractivity (Wildman–Crippen MR) is 102 cm³/mol. The number of piperazine rings is 1. The Morgan fingerprint density at radius 3 is 2.76 bits per heavy atom. The fourth-order valence-corrected chi connectivity index (χ4v) is 4.59. The highest BCUT2D eigenvalue weighted by molar-refractivity contribution is 7.13. The van der Waals surface area contributed by atoms with Gasteiger partial charge < -0.3 is 10.1 Å². The van der Waals surface area contributed by atoms with Gasteiger partial charge in [-0.2, -0.15) is 0 Å². The van der Waals surface area contributed by atoms with Crippen molar-refractivity contribution in [3.8, 4) is 16.3 Å². The number of nitrogens with zero attached hydrogens (tertiary/aromatic N) is 3. The molecule has 0 radical (unpaired) electrons. The lowest BCUT2D eigenvalue weighted by Gasteiger charge is -2.32. The van der Waals surface area contributed by atoms with Crippen molar-refractivity contribution in [3.63, 3.8) is 0 Å². The number of benzene rings is 1. The molecule has 3 heterocycles. The Labute approximate surface area is 153 Å². The molecular formula is C19H26N4OS. The number of hydrogen-bond acceptors (Lipinski definition) is 6.